The fourth-order valence-electron chi connectivity index (χ4n) is 1.96. The van der Waals surface area contributed by atoms with Crippen LogP contribution >= 0.6 is 0 Å². The highest BCUT2D eigenvalue weighted by atomic mass is 19.2. The van der Waals surface area contributed by atoms with Crippen molar-refractivity contribution in [1.29, 1.82) is 0 Å². The topological polar surface area (TPSA) is 35.2 Å². The molecule has 4 heteroatoms. The van der Waals surface area contributed by atoms with Crippen molar-refractivity contribution in [2.75, 3.05) is 7.11 Å². The molecule has 0 bridgehead atoms. The molecule has 0 spiro atoms. The summed E-state index contributed by atoms with van der Waals surface area (Å²) in [6.45, 7) is 1.94. The first kappa shape index (κ1) is 13.5. The molecule has 0 radical (unpaired) electrons. The number of methoxy groups -OCH3 is 1. The molecule has 0 aliphatic carbocycles. The predicted molar refractivity (Wildman–Crippen MR) is 70.1 cm³/mol. The van der Waals surface area contributed by atoms with Gasteiger partial charge in [-0.3, -0.25) is 0 Å². The second-order valence-electron chi connectivity index (χ2n) is 4.40. The van der Waals surface area contributed by atoms with E-state index in [9.17, 15) is 8.78 Å². The van der Waals surface area contributed by atoms with Crippen LogP contribution in [0.5, 0.6) is 5.75 Å². The lowest BCUT2D eigenvalue weighted by Gasteiger charge is -2.17. The molecule has 2 nitrogen and oxygen atoms in total. The second-order valence-corrected chi connectivity index (χ2v) is 4.40. The van der Waals surface area contributed by atoms with E-state index in [0.29, 0.717) is 11.3 Å². The minimum absolute atomic E-state index is 0.501. The predicted octanol–water partition coefficient (Wildman–Crippen LogP) is 3.33. The number of ether oxygens (including phenoxy) is 1. The van der Waals surface area contributed by atoms with Crippen molar-refractivity contribution >= 4 is 0 Å². The first-order valence-corrected chi connectivity index (χ1v) is 5.88. The second kappa shape index (κ2) is 5.36. The van der Waals surface area contributed by atoms with E-state index < -0.39 is 17.7 Å². The lowest BCUT2D eigenvalue weighted by molar-refractivity contribution is 0.407. The summed E-state index contributed by atoms with van der Waals surface area (Å²) >= 11 is 0. The number of nitrogens with two attached hydrogens (primary N) is 1. The van der Waals surface area contributed by atoms with Gasteiger partial charge in [0.1, 0.15) is 5.75 Å². The molecule has 2 N–H and O–H groups in total. The Balaban J connectivity index is 2.43. The van der Waals surface area contributed by atoms with Crippen LogP contribution in [-0.4, -0.2) is 7.11 Å². The average molecular weight is 263 g/mol. The third-order valence-electron chi connectivity index (χ3n) is 3.03. The van der Waals surface area contributed by atoms with Crippen molar-refractivity contribution in [3.63, 3.8) is 0 Å². The van der Waals surface area contributed by atoms with Crippen LogP contribution in [0, 0.1) is 18.6 Å². The zero-order valence-corrected chi connectivity index (χ0v) is 10.8. The quantitative estimate of drug-likeness (QED) is 0.921. The Hall–Kier alpha value is -1.94. The summed E-state index contributed by atoms with van der Waals surface area (Å²) in [6.07, 6.45) is 0. The maximum Gasteiger partial charge on any atom is 0.159 e. The number of benzene rings is 2. The van der Waals surface area contributed by atoms with Crippen LogP contribution in [0.1, 0.15) is 22.7 Å². The Morgan fingerprint density at radius 3 is 2.42 bits per heavy atom. The van der Waals surface area contributed by atoms with E-state index in [1.165, 1.54) is 6.07 Å². The normalized spacial score (nSPS) is 12.3. The average Bonchev–Trinajstić information content (AvgIpc) is 2.41. The van der Waals surface area contributed by atoms with Gasteiger partial charge in [0.25, 0.3) is 0 Å². The Morgan fingerprint density at radius 1 is 1.05 bits per heavy atom. The monoisotopic (exact) mass is 263 g/mol. The fourth-order valence-corrected chi connectivity index (χ4v) is 1.96. The van der Waals surface area contributed by atoms with E-state index in [1.807, 2.05) is 25.1 Å². The first-order chi connectivity index (χ1) is 9.02. The molecule has 19 heavy (non-hydrogen) atoms. The highest BCUT2D eigenvalue weighted by Gasteiger charge is 2.15. The van der Waals surface area contributed by atoms with Crippen LogP contribution in [0.4, 0.5) is 8.78 Å². The molecule has 0 amide bonds. The number of aryl methyl sites for hydroxylation is 1. The van der Waals surface area contributed by atoms with E-state index in [2.05, 4.69) is 0 Å². The summed E-state index contributed by atoms with van der Waals surface area (Å²) in [7, 11) is 1.55. The molecule has 1 atom stereocenters. The van der Waals surface area contributed by atoms with Crippen LogP contribution in [0.2, 0.25) is 0 Å². The highest BCUT2D eigenvalue weighted by Crippen LogP contribution is 2.29. The maximum absolute atomic E-state index is 13.2. The van der Waals surface area contributed by atoms with Crippen molar-refractivity contribution < 1.29 is 13.5 Å². The molecule has 0 aliphatic rings. The van der Waals surface area contributed by atoms with Crippen molar-refractivity contribution in [2.45, 2.75) is 13.0 Å². The molecule has 2 aromatic carbocycles. The SMILES string of the molecule is COc1cc(C)ccc1C(N)c1ccc(F)c(F)c1. The van der Waals surface area contributed by atoms with E-state index in [1.54, 1.807) is 7.11 Å². The molecule has 0 saturated carbocycles. The summed E-state index contributed by atoms with van der Waals surface area (Å²) in [5.74, 6) is -1.15. The van der Waals surface area contributed by atoms with Crippen LogP contribution < -0.4 is 10.5 Å². The molecular formula is C15H15F2NO. The largest absolute Gasteiger partial charge is 0.496 e. The Labute approximate surface area is 110 Å². The Bertz CT molecular complexity index is 599. The zero-order chi connectivity index (χ0) is 14.0. The third kappa shape index (κ3) is 2.74. The summed E-state index contributed by atoms with van der Waals surface area (Å²) in [4.78, 5) is 0. The molecule has 0 heterocycles. The van der Waals surface area contributed by atoms with Gasteiger partial charge >= 0.3 is 0 Å². The van der Waals surface area contributed by atoms with Gasteiger partial charge in [0.15, 0.2) is 11.6 Å². The van der Waals surface area contributed by atoms with Gasteiger partial charge in [-0.1, -0.05) is 18.2 Å². The van der Waals surface area contributed by atoms with E-state index in [4.69, 9.17) is 10.5 Å². The molecule has 0 aliphatic heterocycles. The maximum atomic E-state index is 13.2. The summed E-state index contributed by atoms with van der Waals surface area (Å²) in [6, 6.07) is 8.69. The van der Waals surface area contributed by atoms with Crippen LogP contribution in [0.15, 0.2) is 36.4 Å². The molecular weight excluding hydrogens is 248 g/mol. The molecule has 0 fully saturated rings. The number of rotatable bonds is 3. The molecule has 1 unspecified atom stereocenters. The van der Waals surface area contributed by atoms with Crippen molar-refractivity contribution in [3.8, 4) is 5.75 Å². The molecule has 100 valence electrons. The lowest BCUT2D eigenvalue weighted by Crippen LogP contribution is -2.13. The van der Waals surface area contributed by atoms with Crippen LogP contribution in [-0.2, 0) is 0 Å². The summed E-state index contributed by atoms with van der Waals surface area (Å²) in [5.41, 5.74) is 8.37. The van der Waals surface area contributed by atoms with Gasteiger partial charge in [-0.25, -0.2) is 8.78 Å². The standard InChI is InChI=1S/C15H15F2NO/c1-9-3-5-11(14(7-9)19-2)15(18)10-4-6-12(16)13(17)8-10/h3-8,15H,18H2,1-2H3. The van der Waals surface area contributed by atoms with E-state index in [0.717, 1.165) is 23.3 Å². The smallest absolute Gasteiger partial charge is 0.159 e. The van der Waals surface area contributed by atoms with Gasteiger partial charge < -0.3 is 10.5 Å². The van der Waals surface area contributed by atoms with Crippen LogP contribution in [0.25, 0.3) is 0 Å². The van der Waals surface area contributed by atoms with Gasteiger partial charge in [-0.05, 0) is 36.2 Å². The third-order valence-corrected chi connectivity index (χ3v) is 3.03. The van der Waals surface area contributed by atoms with E-state index in [-0.39, 0.29) is 0 Å². The summed E-state index contributed by atoms with van der Waals surface area (Å²) in [5, 5.41) is 0. The highest BCUT2D eigenvalue weighted by molar-refractivity contribution is 5.43. The van der Waals surface area contributed by atoms with E-state index >= 15 is 0 Å². The van der Waals surface area contributed by atoms with Crippen LogP contribution in [0.3, 0.4) is 0 Å². The fraction of sp³-hybridized carbons (Fsp3) is 0.200. The van der Waals surface area contributed by atoms with Crippen molar-refractivity contribution in [2.24, 2.45) is 5.73 Å². The van der Waals surface area contributed by atoms with Gasteiger partial charge in [0, 0.05) is 5.56 Å². The summed E-state index contributed by atoms with van der Waals surface area (Å²) < 4.78 is 31.4. The minimum Gasteiger partial charge on any atom is -0.496 e. The lowest BCUT2D eigenvalue weighted by atomic mass is 9.97. The molecule has 2 rings (SSSR count). The molecule has 0 aromatic heterocycles. The van der Waals surface area contributed by atoms with Crippen molar-refractivity contribution in [3.05, 3.63) is 64.7 Å². The number of hydrogen-bond acceptors (Lipinski definition) is 2. The Morgan fingerprint density at radius 2 is 1.79 bits per heavy atom. The zero-order valence-electron chi connectivity index (χ0n) is 10.8. The van der Waals surface area contributed by atoms with Gasteiger partial charge in [0.2, 0.25) is 0 Å². The molecule has 2 aromatic rings. The molecule has 0 saturated heterocycles. The first-order valence-electron chi connectivity index (χ1n) is 5.88. The van der Waals surface area contributed by atoms with Gasteiger partial charge in [-0.2, -0.15) is 0 Å². The van der Waals surface area contributed by atoms with Gasteiger partial charge in [0.05, 0.1) is 13.2 Å². The Kier molecular flexibility index (Phi) is 3.81. The number of hydrogen-bond donors (Lipinski definition) is 1. The van der Waals surface area contributed by atoms with Gasteiger partial charge in [-0.15, -0.1) is 0 Å². The number of halogens is 2. The minimum atomic E-state index is -0.904. The van der Waals surface area contributed by atoms with Crippen molar-refractivity contribution in [1.82, 2.24) is 0 Å².